The normalized spacial score (nSPS) is 19.0. The number of aromatic amines is 1. The van der Waals surface area contributed by atoms with Crippen LogP contribution in [0.15, 0.2) is 18.2 Å². The Balaban J connectivity index is 1.89. The number of hydrogen-bond donors (Lipinski definition) is 2. The number of carbonyl (C=O) groups excluding carboxylic acids is 1. The molecule has 1 aromatic carbocycles. The van der Waals surface area contributed by atoms with Crippen molar-refractivity contribution in [1.82, 2.24) is 10.3 Å². The first-order chi connectivity index (χ1) is 10.6. The van der Waals surface area contributed by atoms with Crippen LogP contribution in [0.4, 0.5) is 0 Å². The topological polar surface area (TPSA) is 44.9 Å². The maximum atomic E-state index is 12.4. The van der Waals surface area contributed by atoms with Crippen LogP contribution in [0, 0.1) is 5.92 Å². The summed E-state index contributed by atoms with van der Waals surface area (Å²) in [5, 5.41) is 4.33. The highest BCUT2D eigenvalue weighted by Crippen LogP contribution is 2.32. The molecule has 0 bridgehead atoms. The monoisotopic (exact) mass is 298 g/mol. The van der Waals surface area contributed by atoms with E-state index in [4.69, 9.17) is 0 Å². The summed E-state index contributed by atoms with van der Waals surface area (Å²) in [4.78, 5) is 15.9. The molecule has 0 radical (unpaired) electrons. The van der Waals surface area contributed by atoms with Crippen LogP contribution in [-0.2, 0) is 12.8 Å². The van der Waals surface area contributed by atoms with Crippen molar-refractivity contribution in [3.63, 3.8) is 0 Å². The third-order valence-electron chi connectivity index (χ3n) is 4.80. The molecule has 1 aromatic heterocycles. The Morgan fingerprint density at radius 3 is 3.05 bits per heavy atom. The molecule has 1 heterocycles. The molecule has 0 fully saturated rings. The minimum Gasteiger partial charge on any atom is -0.358 e. The molecule has 2 N–H and O–H groups in total. The summed E-state index contributed by atoms with van der Waals surface area (Å²) in [5.41, 5.74) is 4.72. The number of rotatable bonds is 4. The summed E-state index contributed by atoms with van der Waals surface area (Å²) in [6, 6.07) is 6.28. The van der Waals surface area contributed by atoms with Crippen molar-refractivity contribution < 1.29 is 4.79 Å². The molecule has 1 amide bonds. The van der Waals surface area contributed by atoms with E-state index >= 15 is 0 Å². The zero-order valence-corrected chi connectivity index (χ0v) is 13.8. The minimum absolute atomic E-state index is 0.0432. The SMILES string of the molecule is CCC[C@H](C)NC(=O)c1ccc2[nH]c3c(c2c1)C[C@H](C)CC3. The van der Waals surface area contributed by atoms with E-state index in [1.807, 2.05) is 6.07 Å². The van der Waals surface area contributed by atoms with Gasteiger partial charge in [0.25, 0.3) is 5.91 Å². The van der Waals surface area contributed by atoms with Gasteiger partial charge in [-0.05, 0) is 62.3 Å². The summed E-state index contributed by atoms with van der Waals surface area (Å²) < 4.78 is 0. The standard InChI is InChI=1S/C19H26N2O/c1-4-5-13(3)20-19(22)14-7-9-18-16(11-14)15-10-12(2)6-8-17(15)21-18/h7,9,11-13,21H,4-6,8,10H2,1-3H3,(H,20,22)/t12-,13+/m1/s1. The molecule has 0 unspecified atom stereocenters. The Labute approximate surface area is 132 Å². The summed E-state index contributed by atoms with van der Waals surface area (Å²) in [5.74, 6) is 0.773. The van der Waals surface area contributed by atoms with Gasteiger partial charge >= 0.3 is 0 Å². The van der Waals surface area contributed by atoms with Gasteiger partial charge in [0.1, 0.15) is 0 Å². The second-order valence-electron chi connectivity index (χ2n) is 6.85. The molecule has 0 aliphatic heterocycles. The van der Waals surface area contributed by atoms with Gasteiger partial charge in [0.2, 0.25) is 0 Å². The number of aryl methyl sites for hydroxylation is 1. The van der Waals surface area contributed by atoms with Gasteiger partial charge in [-0.25, -0.2) is 0 Å². The number of nitrogens with one attached hydrogen (secondary N) is 2. The van der Waals surface area contributed by atoms with Gasteiger partial charge in [-0.15, -0.1) is 0 Å². The van der Waals surface area contributed by atoms with E-state index in [0.29, 0.717) is 0 Å². The van der Waals surface area contributed by atoms with Gasteiger partial charge in [-0.1, -0.05) is 20.3 Å². The van der Waals surface area contributed by atoms with Gasteiger partial charge < -0.3 is 10.3 Å². The maximum absolute atomic E-state index is 12.4. The Bertz CT molecular complexity index is 686. The lowest BCUT2D eigenvalue weighted by Gasteiger charge is -2.18. The van der Waals surface area contributed by atoms with Gasteiger partial charge in [0.05, 0.1) is 0 Å². The number of carbonyl (C=O) groups is 1. The fourth-order valence-corrected chi connectivity index (χ4v) is 3.54. The average molecular weight is 298 g/mol. The van der Waals surface area contributed by atoms with Crippen molar-refractivity contribution in [1.29, 1.82) is 0 Å². The average Bonchev–Trinajstić information content (AvgIpc) is 2.84. The fraction of sp³-hybridized carbons (Fsp3) is 0.526. The first kappa shape index (κ1) is 15.1. The van der Waals surface area contributed by atoms with Crippen LogP contribution in [-0.4, -0.2) is 16.9 Å². The van der Waals surface area contributed by atoms with Crippen LogP contribution in [0.1, 0.15) is 61.6 Å². The van der Waals surface area contributed by atoms with Crippen LogP contribution in [0.5, 0.6) is 0 Å². The molecular formula is C19H26N2O. The molecule has 3 rings (SSSR count). The maximum Gasteiger partial charge on any atom is 0.251 e. The highest BCUT2D eigenvalue weighted by atomic mass is 16.1. The predicted molar refractivity (Wildman–Crippen MR) is 91.3 cm³/mol. The number of benzene rings is 1. The molecule has 118 valence electrons. The van der Waals surface area contributed by atoms with Crippen molar-refractivity contribution in [2.24, 2.45) is 5.92 Å². The molecule has 1 aliphatic rings. The highest BCUT2D eigenvalue weighted by Gasteiger charge is 2.20. The van der Waals surface area contributed by atoms with Gasteiger partial charge in [-0.3, -0.25) is 4.79 Å². The second kappa shape index (κ2) is 6.15. The molecule has 0 spiro atoms. The van der Waals surface area contributed by atoms with Crippen molar-refractivity contribution in [2.45, 2.75) is 58.9 Å². The molecule has 3 heteroatoms. The Morgan fingerprint density at radius 2 is 2.27 bits per heavy atom. The van der Waals surface area contributed by atoms with E-state index in [9.17, 15) is 4.79 Å². The third-order valence-corrected chi connectivity index (χ3v) is 4.80. The molecule has 1 aliphatic carbocycles. The van der Waals surface area contributed by atoms with Gasteiger partial charge in [0.15, 0.2) is 0 Å². The van der Waals surface area contributed by atoms with E-state index < -0.39 is 0 Å². The molecule has 0 saturated carbocycles. The van der Waals surface area contributed by atoms with E-state index in [-0.39, 0.29) is 11.9 Å². The zero-order chi connectivity index (χ0) is 15.7. The lowest BCUT2D eigenvalue weighted by atomic mass is 9.87. The summed E-state index contributed by atoms with van der Waals surface area (Å²) in [6.45, 7) is 6.52. The second-order valence-corrected chi connectivity index (χ2v) is 6.85. The summed E-state index contributed by atoms with van der Waals surface area (Å²) >= 11 is 0. The Morgan fingerprint density at radius 1 is 1.45 bits per heavy atom. The Hall–Kier alpha value is -1.77. The van der Waals surface area contributed by atoms with E-state index in [1.165, 1.54) is 23.1 Å². The summed E-state index contributed by atoms with van der Waals surface area (Å²) in [7, 11) is 0. The first-order valence-corrected chi connectivity index (χ1v) is 8.52. The minimum atomic E-state index is 0.0432. The van der Waals surface area contributed by atoms with Crippen molar-refractivity contribution in [2.75, 3.05) is 0 Å². The lowest BCUT2D eigenvalue weighted by molar-refractivity contribution is 0.0938. The number of amides is 1. The van der Waals surface area contributed by atoms with Crippen LogP contribution in [0.2, 0.25) is 0 Å². The van der Waals surface area contributed by atoms with Crippen molar-refractivity contribution in [3.8, 4) is 0 Å². The number of H-pyrrole nitrogens is 1. The number of fused-ring (bicyclic) bond motifs is 3. The third kappa shape index (κ3) is 2.90. The van der Waals surface area contributed by atoms with Gasteiger partial charge in [0, 0.05) is 28.2 Å². The Kier molecular flexibility index (Phi) is 4.23. The van der Waals surface area contributed by atoms with Crippen molar-refractivity contribution in [3.05, 3.63) is 35.0 Å². The molecule has 2 atom stereocenters. The number of aromatic nitrogens is 1. The fourth-order valence-electron chi connectivity index (χ4n) is 3.54. The molecule has 3 nitrogen and oxygen atoms in total. The van der Waals surface area contributed by atoms with Gasteiger partial charge in [-0.2, -0.15) is 0 Å². The lowest BCUT2D eigenvalue weighted by Crippen LogP contribution is -2.32. The van der Waals surface area contributed by atoms with Crippen LogP contribution in [0.3, 0.4) is 0 Å². The number of hydrogen-bond acceptors (Lipinski definition) is 1. The first-order valence-electron chi connectivity index (χ1n) is 8.52. The molecular weight excluding hydrogens is 272 g/mol. The van der Waals surface area contributed by atoms with E-state index in [1.54, 1.807) is 0 Å². The molecule has 2 aromatic rings. The van der Waals surface area contributed by atoms with Crippen molar-refractivity contribution >= 4 is 16.8 Å². The predicted octanol–water partition coefficient (Wildman–Crippen LogP) is 4.21. The zero-order valence-electron chi connectivity index (χ0n) is 13.8. The molecule has 0 saturated heterocycles. The molecule has 22 heavy (non-hydrogen) atoms. The van der Waals surface area contributed by atoms with Crippen LogP contribution in [0.25, 0.3) is 10.9 Å². The van der Waals surface area contributed by atoms with E-state index in [0.717, 1.165) is 42.7 Å². The summed E-state index contributed by atoms with van der Waals surface area (Å²) in [6.07, 6.45) is 5.60. The quantitative estimate of drug-likeness (QED) is 0.872. The highest BCUT2D eigenvalue weighted by molar-refractivity contribution is 5.99. The largest absolute Gasteiger partial charge is 0.358 e. The van der Waals surface area contributed by atoms with Crippen LogP contribution < -0.4 is 5.32 Å². The smallest absolute Gasteiger partial charge is 0.251 e. The van der Waals surface area contributed by atoms with Crippen LogP contribution >= 0.6 is 0 Å². The van der Waals surface area contributed by atoms with E-state index in [2.05, 4.69) is 43.2 Å².